The number of rotatable bonds is 6. The zero-order valence-corrected chi connectivity index (χ0v) is 9.34. The van der Waals surface area contributed by atoms with Crippen molar-refractivity contribution in [3.8, 4) is 0 Å². The fourth-order valence-corrected chi connectivity index (χ4v) is 1.50. The maximum absolute atomic E-state index is 12.8. The Bertz CT molecular complexity index is 311. The molecule has 2 N–H and O–H groups in total. The van der Waals surface area contributed by atoms with Gasteiger partial charge < -0.3 is 10.4 Å². The summed E-state index contributed by atoms with van der Waals surface area (Å²) in [4.78, 5) is 0. The molecule has 1 rings (SSSR count). The van der Waals surface area contributed by atoms with Crippen LogP contribution >= 0.6 is 0 Å². The highest BCUT2D eigenvalue weighted by molar-refractivity contribution is 5.17. The molecule has 90 valence electrons. The second-order valence-corrected chi connectivity index (χ2v) is 4.03. The molecule has 2 nitrogen and oxygen atoms in total. The third-order valence-electron chi connectivity index (χ3n) is 2.37. The fourth-order valence-electron chi connectivity index (χ4n) is 1.50. The van der Waals surface area contributed by atoms with E-state index in [1.54, 1.807) is 0 Å². The molecule has 0 fully saturated rings. The summed E-state index contributed by atoms with van der Waals surface area (Å²) in [6.07, 6.45) is 0.727. The van der Waals surface area contributed by atoms with Crippen LogP contribution in [0.4, 0.5) is 8.78 Å². The molecule has 0 aliphatic heterocycles. The smallest absolute Gasteiger partial charge is 0.126 e. The number of aliphatic hydroxyl groups is 1. The van der Waals surface area contributed by atoms with Crippen molar-refractivity contribution in [3.05, 3.63) is 35.4 Å². The van der Waals surface area contributed by atoms with E-state index >= 15 is 0 Å². The van der Waals surface area contributed by atoms with Gasteiger partial charge in [-0.05, 0) is 36.6 Å². The van der Waals surface area contributed by atoms with Gasteiger partial charge >= 0.3 is 0 Å². The maximum atomic E-state index is 12.8. The Morgan fingerprint density at radius 3 is 2.44 bits per heavy atom. The minimum Gasteiger partial charge on any atom is -0.396 e. The molecule has 0 radical (unpaired) electrons. The van der Waals surface area contributed by atoms with Crippen molar-refractivity contribution in [1.29, 1.82) is 0 Å². The van der Waals surface area contributed by atoms with E-state index in [0.29, 0.717) is 18.0 Å². The Hall–Kier alpha value is -1.00. The van der Waals surface area contributed by atoms with Crippen LogP contribution in [0, 0.1) is 17.6 Å². The minimum atomic E-state index is -0.555. The Labute approximate surface area is 94.3 Å². The summed E-state index contributed by atoms with van der Waals surface area (Å²) in [5, 5.41) is 11.8. The lowest BCUT2D eigenvalue weighted by Crippen LogP contribution is -2.21. The first kappa shape index (κ1) is 13.1. The zero-order chi connectivity index (χ0) is 12.0. The van der Waals surface area contributed by atoms with Crippen LogP contribution in [0.5, 0.6) is 0 Å². The number of hydrogen-bond donors (Lipinski definition) is 2. The SMILES string of the molecule is CC(CCO)CNCc1cc(F)cc(F)c1. The predicted molar refractivity (Wildman–Crippen MR) is 58.9 cm³/mol. The van der Waals surface area contributed by atoms with Crippen LogP contribution in [-0.4, -0.2) is 18.3 Å². The molecule has 4 heteroatoms. The molecule has 1 unspecified atom stereocenters. The Balaban J connectivity index is 2.37. The molecule has 1 atom stereocenters. The molecule has 0 spiro atoms. The van der Waals surface area contributed by atoms with E-state index < -0.39 is 11.6 Å². The van der Waals surface area contributed by atoms with Gasteiger partial charge in [-0.2, -0.15) is 0 Å². The summed E-state index contributed by atoms with van der Waals surface area (Å²) in [5.74, 6) is -0.760. The molecule has 16 heavy (non-hydrogen) atoms. The van der Waals surface area contributed by atoms with E-state index in [1.165, 1.54) is 12.1 Å². The van der Waals surface area contributed by atoms with Crippen LogP contribution in [0.3, 0.4) is 0 Å². The normalized spacial score (nSPS) is 12.8. The van der Waals surface area contributed by atoms with Gasteiger partial charge in [-0.3, -0.25) is 0 Å². The number of benzene rings is 1. The second-order valence-electron chi connectivity index (χ2n) is 4.03. The summed E-state index contributed by atoms with van der Waals surface area (Å²) in [6, 6.07) is 3.48. The van der Waals surface area contributed by atoms with Crippen LogP contribution in [0.25, 0.3) is 0 Å². The van der Waals surface area contributed by atoms with Crippen molar-refractivity contribution in [2.24, 2.45) is 5.92 Å². The van der Waals surface area contributed by atoms with Crippen molar-refractivity contribution >= 4 is 0 Å². The van der Waals surface area contributed by atoms with Gasteiger partial charge in [0.05, 0.1) is 0 Å². The van der Waals surface area contributed by atoms with Crippen molar-refractivity contribution in [2.45, 2.75) is 19.9 Å². The molecule has 0 aromatic heterocycles. The standard InChI is InChI=1S/C12H17F2NO/c1-9(2-3-16)7-15-8-10-4-11(13)6-12(14)5-10/h4-6,9,15-16H,2-3,7-8H2,1H3. The Morgan fingerprint density at radius 1 is 1.25 bits per heavy atom. The monoisotopic (exact) mass is 229 g/mol. The van der Waals surface area contributed by atoms with Gasteiger partial charge in [0, 0.05) is 19.2 Å². The Morgan fingerprint density at radius 2 is 1.88 bits per heavy atom. The summed E-state index contributed by atoms with van der Waals surface area (Å²) in [5.41, 5.74) is 0.591. The quantitative estimate of drug-likeness (QED) is 0.782. The minimum absolute atomic E-state index is 0.164. The summed E-state index contributed by atoms with van der Waals surface area (Å²) in [6.45, 7) is 3.33. The van der Waals surface area contributed by atoms with Gasteiger partial charge in [0.1, 0.15) is 11.6 Å². The lowest BCUT2D eigenvalue weighted by molar-refractivity contribution is 0.260. The summed E-state index contributed by atoms with van der Waals surface area (Å²) < 4.78 is 25.7. The van der Waals surface area contributed by atoms with Crippen LogP contribution < -0.4 is 5.32 Å². The molecule has 0 amide bonds. The first-order valence-corrected chi connectivity index (χ1v) is 5.38. The highest BCUT2D eigenvalue weighted by Crippen LogP contribution is 2.08. The van der Waals surface area contributed by atoms with Gasteiger partial charge in [0.2, 0.25) is 0 Å². The van der Waals surface area contributed by atoms with Crippen LogP contribution in [0.15, 0.2) is 18.2 Å². The zero-order valence-electron chi connectivity index (χ0n) is 9.34. The van der Waals surface area contributed by atoms with E-state index in [2.05, 4.69) is 5.32 Å². The maximum Gasteiger partial charge on any atom is 0.126 e. The second kappa shape index (κ2) is 6.55. The van der Waals surface area contributed by atoms with Gasteiger partial charge in [0.25, 0.3) is 0 Å². The summed E-state index contributed by atoms with van der Waals surface area (Å²) in [7, 11) is 0. The first-order chi connectivity index (χ1) is 7.61. The molecule has 0 saturated heterocycles. The van der Waals surface area contributed by atoms with E-state index in [9.17, 15) is 8.78 Å². The molecule has 1 aromatic carbocycles. The van der Waals surface area contributed by atoms with E-state index in [0.717, 1.165) is 19.0 Å². The van der Waals surface area contributed by atoms with Crippen LogP contribution in [0.1, 0.15) is 18.9 Å². The molecule has 0 bridgehead atoms. The fraction of sp³-hybridized carbons (Fsp3) is 0.500. The molecule has 0 saturated carbocycles. The predicted octanol–water partition coefficient (Wildman–Crippen LogP) is 2.07. The van der Waals surface area contributed by atoms with Crippen molar-refractivity contribution in [1.82, 2.24) is 5.32 Å². The number of halogens is 2. The van der Waals surface area contributed by atoms with Gasteiger partial charge in [-0.15, -0.1) is 0 Å². The van der Waals surface area contributed by atoms with E-state index in [-0.39, 0.29) is 6.61 Å². The molecular weight excluding hydrogens is 212 g/mol. The average molecular weight is 229 g/mol. The van der Waals surface area contributed by atoms with E-state index in [4.69, 9.17) is 5.11 Å². The molecule has 0 aliphatic carbocycles. The lowest BCUT2D eigenvalue weighted by Gasteiger charge is -2.11. The molecule has 1 aromatic rings. The topological polar surface area (TPSA) is 32.3 Å². The third-order valence-corrected chi connectivity index (χ3v) is 2.37. The first-order valence-electron chi connectivity index (χ1n) is 5.38. The molecule has 0 aliphatic rings. The van der Waals surface area contributed by atoms with Gasteiger partial charge in [0.15, 0.2) is 0 Å². The van der Waals surface area contributed by atoms with Crippen molar-refractivity contribution in [3.63, 3.8) is 0 Å². The summed E-state index contributed by atoms with van der Waals surface area (Å²) >= 11 is 0. The largest absolute Gasteiger partial charge is 0.396 e. The van der Waals surface area contributed by atoms with Crippen molar-refractivity contribution < 1.29 is 13.9 Å². The lowest BCUT2D eigenvalue weighted by atomic mass is 10.1. The van der Waals surface area contributed by atoms with Crippen LogP contribution in [-0.2, 0) is 6.54 Å². The number of nitrogens with one attached hydrogen (secondary N) is 1. The van der Waals surface area contributed by atoms with E-state index in [1.807, 2.05) is 6.92 Å². The number of aliphatic hydroxyl groups excluding tert-OH is 1. The van der Waals surface area contributed by atoms with Crippen LogP contribution in [0.2, 0.25) is 0 Å². The average Bonchev–Trinajstić information content (AvgIpc) is 2.16. The van der Waals surface area contributed by atoms with Gasteiger partial charge in [-0.1, -0.05) is 6.92 Å². The number of hydrogen-bond acceptors (Lipinski definition) is 2. The highest BCUT2D eigenvalue weighted by Gasteiger charge is 2.02. The molecule has 0 heterocycles. The highest BCUT2D eigenvalue weighted by atomic mass is 19.1. The Kier molecular flexibility index (Phi) is 5.35. The third kappa shape index (κ3) is 4.68. The van der Waals surface area contributed by atoms with Crippen molar-refractivity contribution in [2.75, 3.05) is 13.2 Å². The van der Waals surface area contributed by atoms with Gasteiger partial charge in [-0.25, -0.2) is 8.78 Å². The molecular formula is C12H17F2NO.